The Bertz CT molecular complexity index is 1260. The van der Waals surface area contributed by atoms with E-state index in [9.17, 15) is 0 Å². The van der Waals surface area contributed by atoms with E-state index in [4.69, 9.17) is 26.4 Å². The van der Waals surface area contributed by atoms with Crippen molar-refractivity contribution in [1.82, 2.24) is 24.6 Å². The number of aromatic nitrogens is 4. The molecule has 4 heterocycles. The summed E-state index contributed by atoms with van der Waals surface area (Å²) in [7, 11) is 0. The molecule has 3 saturated carbocycles. The van der Waals surface area contributed by atoms with E-state index in [0.717, 1.165) is 72.4 Å². The van der Waals surface area contributed by atoms with Crippen LogP contribution in [0.3, 0.4) is 0 Å². The van der Waals surface area contributed by atoms with E-state index in [-0.39, 0.29) is 11.1 Å². The summed E-state index contributed by atoms with van der Waals surface area (Å²) in [6.07, 6.45) is 9.82. The molecule has 8 heteroatoms. The average Bonchev–Trinajstić information content (AvgIpc) is 3.10. The molecule has 0 spiro atoms. The summed E-state index contributed by atoms with van der Waals surface area (Å²) in [4.78, 5) is 12.0. The fourth-order valence-electron chi connectivity index (χ4n) is 6.57. The first-order chi connectivity index (χ1) is 16.4. The van der Waals surface area contributed by atoms with Gasteiger partial charge in [-0.2, -0.15) is 5.10 Å². The van der Waals surface area contributed by atoms with E-state index in [2.05, 4.69) is 39.8 Å². The number of ether oxygens (including phenoxy) is 1. The molecule has 2 aliphatic heterocycles. The minimum absolute atomic E-state index is 0.219. The number of hydrogen-bond acceptors (Lipinski definition) is 6. The quantitative estimate of drug-likeness (QED) is 0.556. The summed E-state index contributed by atoms with van der Waals surface area (Å²) in [5, 5.41) is 9.90. The van der Waals surface area contributed by atoms with Crippen LogP contribution in [-0.2, 0) is 10.3 Å². The molecule has 8 rings (SSSR count). The maximum atomic E-state index is 6.74. The molecule has 1 N–H and O–H groups in total. The highest BCUT2D eigenvalue weighted by atomic mass is 35.5. The molecule has 2 aromatic heterocycles. The summed E-state index contributed by atoms with van der Waals surface area (Å²) in [6.45, 7) is 8.31. The molecule has 0 unspecified atom stereocenters. The number of nitrogens with one attached hydrogen (secondary N) is 1. The van der Waals surface area contributed by atoms with E-state index in [0.29, 0.717) is 11.9 Å². The summed E-state index contributed by atoms with van der Waals surface area (Å²) in [6, 6.07) is 4.20. The standard InChI is InChI=1S/C26H31ClN6O/c1-16-23(13-29-33(16)26-9-17(10-26)11-26)31-24-28-12-19-7-21(27)20(8-22(19)30-24)18-3-5-32(6-4-18)25(2)14-34-15-25/h7-8,12-13,17-18H,3-6,9-11,14-15H2,1-2H3,(H,28,30,31). The van der Waals surface area contributed by atoms with Gasteiger partial charge in [0.15, 0.2) is 0 Å². The molecule has 1 aromatic carbocycles. The van der Waals surface area contributed by atoms with Crippen LogP contribution in [0.15, 0.2) is 24.5 Å². The van der Waals surface area contributed by atoms with Crippen molar-refractivity contribution in [1.29, 1.82) is 0 Å². The lowest BCUT2D eigenvalue weighted by Gasteiger charge is -2.61. The second-order valence-electron chi connectivity index (χ2n) is 11.3. The van der Waals surface area contributed by atoms with Gasteiger partial charge in [0.25, 0.3) is 0 Å². The van der Waals surface area contributed by atoms with Crippen LogP contribution in [0.5, 0.6) is 0 Å². The van der Waals surface area contributed by atoms with Crippen LogP contribution in [-0.4, -0.2) is 56.5 Å². The Morgan fingerprint density at radius 1 is 1.12 bits per heavy atom. The van der Waals surface area contributed by atoms with Crippen LogP contribution < -0.4 is 5.32 Å². The first kappa shape index (κ1) is 21.1. The zero-order chi connectivity index (χ0) is 23.1. The number of benzene rings is 1. The van der Waals surface area contributed by atoms with Gasteiger partial charge in [0.05, 0.1) is 47.4 Å². The van der Waals surface area contributed by atoms with Gasteiger partial charge in [0.1, 0.15) is 0 Å². The predicted molar refractivity (Wildman–Crippen MR) is 133 cm³/mol. The summed E-state index contributed by atoms with van der Waals surface area (Å²) in [5.74, 6) is 1.98. The third-order valence-corrected chi connectivity index (χ3v) is 9.26. The fourth-order valence-corrected chi connectivity index (χ4v) is 6.90. The van der Waals surface area contributed by atoms with E-state index >= 15 is 0 Å². The maximum Gasteiger partial charge on any atom is 0.227 e. The molecule has 5 fully saturated rings. The fraction of sp³-hybridized carbons (Fsp3) is 0.577. The van der Waals surface area contributed by atoms with Crippen molar-refractivity contribution in [3.05, 3.63) is 40.8 Å². The Kier molecular flexibility index (Phi) is 4.58. The summed E-state index contributed by atoms with van der Waals surface area (Å²) < 4.78 is 7.69. The SMILES string of the molecule is Cc1c(Nc2ncc3cc(Cl)c(C4CCN(C5(C)COC5)CC4)cc3n2)cnn1C12CC(C1)C2. The number of halogens is 1. The molecule has 3 aliphatic carbocycles. The number of likely N-dealkylation sites (tertiary alicyclic amines) is 1. The second kappa shape index (κ2) is 7.39. The van der Waals surface area contributed by atoms with Crippen molar-refractivity contribution < 1.29 is 4.74 Å². The minimum atomic E-state index is 0.219. The zero-order valence-corrected chi connectivity index (χ0v) is 20.6. The van der Waals surface area contributed by atoms with Crippen molar-refractivity contribution >= 4 is 34.1 Å². The van der Waals surface area contributed by atoms with Crippen molar-refractivity contribution in [2.75, 3.05) is 31.6 Å². The van der Waals surface area contributed by atoms with E-state index in [1.54, 1.807) is 0 Å². The number of rotatable bonds is 5. The van der Waals surface area contributed by atoms with Crippen molar-refractivity contribution in [2.24, 2.45) is 5.92 Å². The normalized spacial score (nSPS) is 28.3. The number of nitrogens with zero attached hydrogens (tertiary/aromatic N) is 5. The van der Waals surface area contributed by atoms with Crippen molar-refractivity contribution in [3.63, 3.8) is 0 Å². The van der Waals surface area contributed by atoms with Gasteiger partial charge in [-0.1, -0.05) is 11.6 Å². The van der Waals surface area contributed by atoms with E-state index < -0.39 is 0 Å². The Morgan fingerprint density at radius 3 is 2.53 bits per heavy atom. The topological polar surface area (TPSA) is 68.1 Å². The molecule has 5 aliphatic rings. The number of fused-ring (bicyclic) bond motifs is 1. The number of anilines is 2. The van der Waals surface area contributed by atoms with Crippen LogP contribution in [0.2, 0.25) is 5.02 Å². The van der Waals surface area contributed by atoms with Crippen molar-refractivity contribution in [3.8, 4) is 0 Å². The zero-order valence-electron chi connectivity index (χ0n) is 19.9. The van der Waals surface area contributed by atoms with E-state index in [1.165, 1.54) is 24.8 Å². The van der Waals surface area contributed by atoms with Gasteiger partial charge in [-0.3, -0.25) is 9.58 Å². The van der Waals surface area contributed by atoms with Gasteiger partial charge in [-0.05, 0) is 88.6 Å². The molecule has 3 aromatic rings. The number of piperidine rings is 1. The van der Waals surface area contributed by atoms with Crippen LogP contribution >= 0.6 is 11.6 Å². The molecule has 178 valence electrons. The highest BCUT2D eigenvalue weighted by Gasteiger charge is 2.59. The summed E-state index contributed by atoms with van der Waals surface area (Å²) >= 11 is 6.74. The molecule has 0 amide bonds. The lowest BCUT2D eigenvalue weighted by Crippen LogP contribution is -2.61. The van der Waals surface area contributed by atoms with Crippen LogP contribution in [0.4, 0.5) is 11.6 Å². The molecule has 34 heavy (non-hydrogen) atoms. The summed E-state index contributed by atoms with van der Waals surface area (Å²) in [5.41, 5.74) is 4.79. The Morgan fingerprint density at radius 2 is 1.88 bits per heavy atom. The average molecular weight is 479 g/mol. The minimum Gasteiger partial charge on any atom is -0.377 e. The first-order valence-corrected chi connectivity index (χ1v) is 12.9. The van der Waals surface area contributed by atoms with Crippen LogP contribution in [0.1, 0.15) is 56.2 Å². The molecular formula is C26H31ClN6O. The number of hydrogen-bond donors (Lipinski definition) is 1. The molecule has 7 nitrogen and oxygen atoms in total. The third kappa shape index (κ3) is 3.13. The Labute approximate surface area is 204 Å². The van der Waals surface area contributed by atoms with Crippen LogP contribution in [0, 0.1) is 12.8 Å². The van der Waals surface area contributed by atoms with Gasteiger partial charge in [0, 0.05) is 16.6 Å². The van der Waals surface area contributed by atoms with Gasteiger partial charge < -0.3 is 10.1 Å². The van der Waals surface area contributed by atoms with Gasteiger partial charge in [-0.15, -0.1) is 0 Å². The van der Waals surface area contributed by atoms with E-state index in [1.807, 2.05) is 18.5 Å². The highest BCUT2D eigenvalue weighted by molar-refractivity contribution is 6.32. The van der Waals surface area contributed by atoms with Gasteiger partial charge in [-0.25, -0.2) is 9.97 Å². The lowest BCUT2D eigenvalue weighted by molar-refractivity contribution is -0.136. The predicted octanol–water partition coefficient (Wildman–Crippen LogP) is 5.01. The molecule has 2 bridgehead atoms. The van der Waals surface area contributed by atoms with Gasteiger partial charge >= 0.3 is 0 Å². The second-order valence-corrected chi connectivity index (χ2v) is 11.7. The largest absolute Gasteiger partial charge is 0.377 e. The molecule has 2 saturated heterocycles. The Hall–Kier alpha value is -2.22. The molecule has 0 atom stereocenters. The lowest BCUT2D eigenvalue weighted by atomic mass is 9.50. The van der Waals surface area contributed by atoms with Crippen molar-refractivity contribution in [2.45, 2.75) is 62.9 Å². The maximum absolute atomic E-state index is 6.74. The monoisotopic (exact) mass is 478 g/mol. The van der Waals surface area contributed by atoms with Gasteiger partial charge in [0.2, 0.25) is 5.95 Å². The first-order valence-electron chi connectivity index (χ1n) is 12.5. The molecule has 0 radical (unpaired) electrons. The highest BCUT2D eigenvalue weighted by Crippen LogP contribution is 2.62. The molecular weight excluding hydrogens is 448 g/mol. The smallest absolute Gasteiger partial charge is 0.227 e. The third-order valence-electron chi connectivity index (χ3n) is 8.93. The van der Waals surface area contributed by atoms with Crippen LogP contribution in [0.25, 0.3) is 10.9 Å². The Balaban J connectivity index is 1.11.